The van der Waals surface area contributed by atoms with Gasteiger partial charge in [0.15, 0.2) is 0 Å². The number of carbonyl (C=O) groups excluding carboxylic acids is 1. The molecule has 0 bridgehead atoms. The number of pyridine rings is 1. The number of hydrogen-bond donors (Lipinski definition) is 2. The molecule has 1 amide bonds. The zero-order chi connectivity index (χ0) is 17.1. The Morgan fingerprint density at radius 3 is 2.67 bits per heavy atom. The van der Waals surface area contributed by atoms with E-state index >= 15 is 0 Å². The summed E-state index contributed by atoms with van der Waals surface area (Å²) in [6, 6.07) is 12.0. The average Bonchev–Trinajstić information content (AvgIpc) is 2.98. The standard InChI is InChI=1S/C20H21N3O/c1-13-6-7-17(9-14(13)2)19-10-18(15(3)23-19)20(24)22-12-16-5-4-8-21-11-16/h4-11,23H,12H2,1-3H3,(H,22,24). The molecule has 24 heavy (non-hydrogen) atoms. The highest BCUT2D eigenvalue weighted by Crippen LogP contribution is 2.24. The first kappa shape index (κ1) is 16.0. The summed E-state index contributed by atoms with van der Waals surface area (Å²) < 4.78 is 0. The quantitative estimate of drug-likeness (QED) is 0.765. The zero-order valence-corrected chi connectivity index (χ0v) is 14.2. The monoisotopic (exact) mass is 319 g/mol. The second kappa shape index (κ2) is 6.71. The molecular weight excluding hydrogens is 298 g/mol. The first-order chi connectivity index (χ1) is 11.5. The van der Waals surface area contributed by atoms with Crippen molar-refractivity contribution < 1.29 is 4.79 Å². The molecule has 2 N–H and O–H groups in total. The molecule has 0 atom stereocenters. The fraction of sp³-hybridized carbons (Fsp3) is 0.200. The Morgan fingerprint density at radius 1 is 1.12 bits per heavy atom. The van der Waals surface area contributed by atoms with E-state index in [1.807, 2.05) is 25.1 Å². The van der Waals surface area contributed by atoms with Crippen LogP contribution in [0.4, 0.5) is 0 Å². The van der Waals surface area contributed by atoms with E-state index in [-0.39, 0.29) is 5.91 Å². The van der Waals surface area contributed by atoms with Gasteiger partial charge in [-0.15, -0.1) is 0 Å². The van der Waals surface area contributed by atoms with Gasteiger partial charge in [0.05, 0.1) is 5.56 Å². The minimum absolute atomic E-state index is 0.0808. The van der Waals surface area contributed by atoms with Gasteiger partial charge in [-0.3, -0.25) is 9.78 Å². The molecule has 0 fully saturated rings. The van der Waals surface area contributed by atoms with Crippen molar-refractivity contribution in [1.29, 1.82) is 0 Å². The molecule has 4 nitrogen and oxygen atoms in total. The van der Waals surface area contributed by atoms with Gasteiger partial charge in [0.25, 0.3) is 5.91 Å². The average molecular weight is 319 g/mol. The Labute approximate surface area is 142 Å². The fourth-order valence-corrected chi connectivity index (χ4v) is 2.64. The second-order valence-corrected chi connectivity index (χ2v) is 6.06. The summed E-state index contributed by atoms with van der Waals surface area (Å²) in [5.41, 5.74) is 7.07. The molecule has 1 aromatic carbocycles. The highest BCUT2D eigenvalue weighted by molar-refractivity contribution is 5.96. The van der Waals surface area contributed by atoms with Crippen LogP contribution in [0.5, 0.6) is 0 Å². The predicted octanol–water partition coefficient (Wildman–Crippen LogP) is 3.93. The number of nitrogens with one attached hydrogen (secondary N) is 2. The van der Waals surface area contributed by atoms with Crippen LogP contribution in [0.25, 0.3) is 11.3 Å². The van der Waals surface area contributed by atoms with Crippen molar-refractivity contribution >= 4 is 5.91 Å². The topological polar surface area (TPSA) is 57.8 Å². The molecule has 0 saturated carbocycles. The van der Waals surface area contributed by atoms with Gasteiger partial charge in [0.2, 0.25) is 0 Å². The Hall–Kier alpha value is -2.88. The van der Waals surface area contributed by atoms with Crippen molar-refractivity contribution in [3.8, 4) is 11.3 Å². The van der Waals surface area contributed by atoms with E-state index < -0.39 is 0 Å². The predicted molar refractivity (Wildman–Crippen MR) is 95.8 cm³/mol. The summed E-state index contributed by atoms with van der Waals surface area (Å²) in [6.45, 7) is 6.58. The molecular formula is C20H21N3O. The third-order valence-electron chi connectivity index (χ3n) is 4.25. The third-order valence-corrected chi connectivity index (χ3v) is 4.25. The largest absolute Gasteiger partial charge is 0.358 e. The maximum Gasteiger partial charge on any atom is 0.253 e. The molecule has 0 unspecified atom stereocenters. The number of aromatic nitrogens is 2. The number of aryl methyl sites for hydroxylation is 3. The summed E-state index contributed by atoms with van der Waals surface area (Å²) >= 11 is 0. The fourth-order valence-electron chi connectivity index (χ4n) is 2.64. The molecule has 3 aromatic rings. The molecule has 3 rings (SSSR count). The maximum absolute atomic E-state index is 12.5. The Kier molecular flexibility index (Phi) is 4.47. The van der Waals surface area contributed by atoms with Crippen LogP contribution in [0, 0.1) is 20.8 Å². The second-order valence-electron chi connectivity index (χ2n) is 6.06. The lowest BCUT2D eigenvalue weighted by Gasteiger charge is -2.04. The van der Waals surface area contributed by atoms with Crippen molar-refractivity contribution in [1.82, 2.24) is 15.3 Å². The molecule has 0 saturated heterocycles. The number of aromatic amines is 1. The summed E-state index contributed by atoms with van der Waals surface area (Å²) in [5, 5.41) is 2.94. The zero-order valence-electron chi connectivity index (χ0n) is 14.2. The lowest BCUT2D eigenvalue weighted by Crippen LogP contribution is -2.23. The van der Waals surface area contributed by atoms with Gasteiger partial charge in [-0.2, -0.15) is 0 Å². The minimum atomic E-state index is -0.0808. The lowest BCUT2D eigenvalue weighted by molar-refractivity contribution is 0.0950. The van der Waals surface area contributed by atoms with Crippen molar-refractivity contribution in [2.75, 3.05) is 0 Å². The first-order valence-electron chi connectivity index (χ1n) is 7.99. The lowest BCUT2D eigenvalue weighted by atomic mass is 10.0. The SMILES string of the molecule is Cc1ccc(-c2cc(C(=O)NCc3cccnc3)c(C)[nH]2)cc1C. The van der Waals surface area contributed by atoms with Gasteiger partial charge in [0, 0.05) is 30.3 Å². The van der Waals surface area contributed by atoms with Crippen molar-refractivity contribution in [2.24, 2.45) is 0 Å². The van der Waals surface area contributed by atoms with E-state index in [4.69, 9.17) is 0 Å². The van der Waals surface area contributed by atoms with Gasteiger partial charge in [-0.05, 0) is 61.2 Å². The third kappa shape index (κ3) is 3.38. The molecule has 4 heteroatoms. The van der Waals surface area contributed by atoms with E-state index in [0.717, 1.165) is 22.5 Å². The van der Waals surface area contributed by atoms with Crippen molar-refractivity contribution in [2.45, 2.75) is 27.3 Å². The summed E-state index contributed by atoms with van der Waals surface area (Å²) in [5.74, 6) is -0.0808. The molecule has 0 aliphatic carbocycles. The van der Waals surface area contributed by atoms with Crippen molar-refractivity contribution in [3.05, 3.63) is 76.7 Å². The Morgan fingerprint density at radius 2 is 1.96 bits per heavy atom. The number of rotatable bonds is 4. The number of carbonyl (C=O) groups is 1. The summed E-state index contributed by atoms with van der Waals surface area (Å²) in [6.07, 6.45) is 3.47. The van der Waals surface area contributed by atoms with Gasteiger partial charge in [0.1, 0.15) is 0 Å². The smallest absolute Gasteiger partial charge is 0.253 e. The number of hydrogen-bond acceptors (Lipinski definition) is 2. The number of amides is 1. The van der Waals surface area contributed by atoms with Crippen LogP contribution in [0.3, 0.4) is 0 Å². The van der Waals surface area contributed by atoms with Gasteiger partial charge >= 0.3 is 0 Å². The normalized spacial score (nSPS) is 10.6. The molecule has 0 aliphatic rings. The van der Waals surface area contributed by atoms with Crippen LogP contribution in [0.1, 0.15) is 32.7 Å². The molecule has 2 aromatic heterocycles. The van der Waals surface area contributed by atoms with Gasteiger partial charge < -0.3 is 10.3 Å². The van der Waals surface area contributed by atoms with E-state index in [1.165, 1.54) is 11.1 Å². The summed E-state index contributed by atoms with van der Waals surface area (Å²) in [7, 11) is 0. The van der Waals surface area contributed by atoms with Gasteiger partial charge in [-0.1, -0.05) is 18.2 Å². The van der Waals surface area contributed by atoms with E-state index in [1.54, 1.807) is 12.4 Å². The minimum Gasteiger partial charge on any atom is -0.358 e. The Bertz CT molecular complexity index is 866. The van der Waals surface area contributed by atoms with E-state index in [2.05, 4.69) is 47.3 Å². The Balaban J connectivity index is 1.78. The number of H-pyrrole nitrogens is 1. The van der Waals surface area contributed by atoms with Crippen LogP contribution < -0.4 is 5.32 Å². The van der Waals surface area contributed by atoms with Crippen LogP contribution in [0.2, 0.25) is 0 Å². The molecule has 0 aliphatic heterocycles. The summed E-state index contributed by atoms with van der Waals surface area (Å²) in [4.78, 5) is 19.8. The van der Waals surface area contributed by atoms with Crippen LogP contribution >= 0.6 is 0 Å². The number of benzene rings is 1. The van der Waals surface area contributed by atoms with Crippen LogP contribution in [-0.2, 0) is 6.54 Å². The molecule has 2 heterocycles. The first-order valence-corrected chi connectivity index (χ1v) is 7.99. The number of nitrogens with zero attached hydrogens (tertiary/aromatic N) is 1. The highest BCUT2D eigenvalue weighted by atomic mass is 16.1. The molecule has 0 radical (unpaired) electrons. The molecule has 0 spiro atoms. The maximum atomic E-state index is 12.5. The van der Waals surface area contributed by atoms with Crippen LogP contribution in [0.15, 0.2) is 48.8 Å². The van der Waals surface area contributed by atoms with Crippen molar-refractivity contribution in [3.63, 3.8) is 0 Å². The highest BCUT2D eigenvalue weighted by Gasteiger charge is 2.13. The molecule has 122 valence electrons. The van der Waals surface area contributed by atoms with E-state index in [9.17, 15) is 4.79 Å². The van der Waals surface area contributed by atoms with E-state index in [0.29, 0.717) is 12.1 Å². The van der Waals surface area contributed by atoms with Gasteiger partial charge in [-0.25, -0.2) is 0 Å². The van der Waals surface area contributed by atoms with Crippen LogP contribution in [-0.4, -0.2) is 15.9 Å².